The van der Waals surface area contributed by atoms with Gasteiger partial charge in [-0.3, -0.25) is 9.78 Å². The quantitative estimate of drug-likeness (QED) is 0.824. The molecule has 0 unspecified atom stereocenters. The number of carbonyl (C=O) groups excluding carboxylic acids is 1. The van der Waals surface area contributed by atoms with Crippen LogP contribution in [0.15, 0.2) is 12.4 Å². The van der Waals surface area contributed by atoms with Gasteiger partial charge in [-0.15, -0.1) is 0 Å². The minimum Gasteiger partial charge on any atom is -0.309 e. The predicted octanol–water partition coefficient (Wildman–Crippen LogP) is 2.34. The maximum absolute atomic E-state index is 11.3. The third kappa shape index (κ3) is 3.65. The van der Waals surface area contributed by atoms with Crippen LogP contribution in [0.1, 0.15) is 45.2 Å². The van der Waals surface area contributed by atoms with Crippen LogP contribution in [0.5, 0.6) is 0 Å². The molecule has 4 nitrogen and oxygen atoms in total. The fourth-order valence-corrected chi connectivity index (χ4v) is 1.13. The molecular formula is C11H17N3O. The minimum absolute atomic E-state index is 0.0101. The molecule has 1 rings (SSSR count). The van der Waals surface area contributed by atoms with Gasteiger partial charge in [-0.1, -0.05) is 20.8 Å². The van der Waals surface area contributed by atoms with Crippen molar-refractivity contribution in [2.24, 2.45) is 0 Å². The molecule has 1 aromatic heterocycles. The van der Waals surface area contributed by atoms with E-state index in [1.165, 1.54) is 0 Å². The molecule has 0 spiro atoms. The lowest BCUT2D eigenvalue weighted by molar-refractivity contribution is -0.116. The molecule has 4 heteroatoms. The highest BCUT2D eigenvalue weighted by Crippen LogP contribution is 2.11. The minimum atomic E-state index is -0.0101. The third-order valence-electron chi connectivity index (χ3n) is 2.01. The third-order valence-corrected chi connectivity index (χ3v) is 2.01. The molecule has 0 aliphatic carbocycles. The van der Waals surface area contributed by atoms with Crippen molar-refractivity contribution in [1.82, 2.24) is 9.97 Å². The molecule has 1 amide bonds. The van der Waals surface area contributed by atoms with Crippen LogP contribution in [0.2, 0.25) is 0 Å². The van der Waals surface area contributed by atoms with Gasteiger partial charge in [-0.05, 0) is 12.3 Å². The fourth-order valence-electron chi connectivity index (χ4n) is 1.13. The summed E-state index contributed by atoms with van der Waals surface area (Å²) in [6, 6.07) is 0. The number of nitrogens with one attached hydrogen (secondary N) is 1. The molecule has 0 saturated carbocycles. The van der Waals surface area contributed by atoms with Crippen LogP contribution in [0.25, 0.3) is 0 Å². The van der Waals surface area contributed by atoms with Crippen molar-refractivity contribution in [2.45, 2.75) is 39.5 Å². The Bertz CT molecular complexity index is 319. The smallest absolute Gasteiger partial charge is 0.225 e. The zero-order chi connectivity index (χ0) is 11.3. The Balaban J connectivity index is 2.60. The van der Waals surface area contributed by atoms with Crippen molar-refractivity contribution in [2.75, 3.05) is 5.32 Å². The average Bonchev–Trinajstić information content (AvgIpc) is 2.18. The molecule has 0 bridgehead atoms. The van der Waals surface area contributed by atoms with E-state index in [2.05, 4.69) is 29.1 Å². The number of nitrogens with zero attached hydrogens (tertiary/aromatic N) is 2. The largest absolute Gasteiger partial charge is 0.309 e. The molecule has 0 aromatic carbocycles. The van der Waals surface area contributed by atoms with E-state index in [0.717, 1.165) is 12.1 Å². The summed E-state index contributed by atoms with van der Waals surface area (Å²) in [5, 5.41) is 2.70. The number of rotatable bonds is 4. The Morgan fingerprint density at radius 3 is 2.60 bits per heavy atom. The Kier molecular flexibility index (Phi) is 4.21. The van der Waals surface area contributed by atoms with Gasteiger partial charge in [-0.2, -0.15) is 0 Å². The number of amides is 1. The first-order valence-electron chi connectivity index (χ1n) is 5.25. The highest BCUT2D eigenvalue weighted by atomic mass is 16.1. The summed E-state index contributed by atoms with van der Waals surface area (Å²) in [4.78, 5) is 19.6. The van der Waals surface area contributed by atoms with Gasteiger partial charge < -0.3 is 5.32 Å². The molecule has 1 aromatic rings. The van der Waals surface area contributed by atoms with Crippen molar-refractivity contribution in [3.05, 3.63) is 18.1 Å². The zero-order valence-corrected chi connectivity index (χ0v) is 9.45. The van der Waals surface area contributed by atoms with Crippen LogP contribution in [-0.4, -0.2) is 15.9 Å². The number of hydrogen-bond acceptors (Lipinski definition) is 3. The lowest BCUT2D eigenvalue weighted by atomic mass is 10.1. The molecule has 0 atom stereocenters. The van der Waals surface area contributed by atoms with E-state index in [0.29, 0.717) is 18.2 Å². The second-order valence-corrected chi connectivity index (χ2v) is 3.78. The molecule has 0 radical (unpaired) electrons. The van der Waals surface area contributed by atoms with Crippen molar-refractivity contribution >= 4 is 11.7 Å². The summed E-state index contributed by atoms with van der Waals surface area (Å²) in [6.07, 6.45) is 4.66. The number of carbonyl (C=O) groups is 1. The maximum atomic E-state index is 11.3. The zero-order valence-electron chi connectivity index (χ0n) is 9.45. The van der Waals surface area contributed by atoms with Crippen LogP contribution in [0, 0.1) is 0 Å². The van der Waals surface area contributed by atoms with Gasteiger partial charge in [0.25, 0.3) is 0 Å². The normalized spacial score (nSPS) is 10.4. The van der Waals surface area contributed by atoms with E-state index in [1.807, 2.05) is 6.92 Å². The Hall–Kier alpha value is -1.45. The van der Waals surface area contributed by atoms with E-state index in [4.69, 9.17) is 0 Å². The van der Waals surface area contributed by atoms with Crippen molar-refractivity contribution in [1.29, 1.82) is 0 Å². The topological polar surface area (TPSA) is 54.9 Å². The average molecular weight is 207 g/mol. The summed E-state index contributed by atoms with van der Waals surface area (Å²) >= 11 is 0. The highest BCUT2D eigenvalue weighted by molar-refractivity contribution is 5.89. The molecule has 0 saturated heterocycles. The molecule has 15 heavy (non-hydrogen) atoms. The van der Waals surface area contributed by atoms with Gasteiger partial charge in [0, 0.05) is 6.42 Å². The Morgan fingerprint density at radius 2 is 2.13 bits per heavy atom. The van der Waals surface area contributed by atoms with Gasteiger partial charge in [-0.25, -0.2) is 4.98 Å². The predicted molar refractivity (Wildman–Crippen MR) is 59.7 cm³/mol. The molecular weight excluding hydrogens is 190 g/mol. The summed E-state index contributed by atoms with van der Waals surface area (Å²) in [5.41, 5.74) is 0.934. The van der Waals surface area contributed by atoms with Gasteiger partial charge in [0.1, 0.15) is 0 Å². The van der Waals surface area contributed by atoms with Crippen LogP contribution in [-0.2, 0) is 4.79 Å². The molecule has 82 valence electrons. The summed E-state index contributed by atoms with van der Waals surface area (Å²) in [5.74, 6) is 0.875. The SMILES string of the molecule is CCCC(=O)Nc1cnc(C(C)C)cn1. The van der Waals surface area contributed by atoms with Gasteiger partial charge in [0.05, 0.1) is 18.1 Å². The summed E-state index contributed by atoms with van der Waals surface area (Å²) in [7, 11) is 0. The van der Waals surface area contributed by atoms with E-state index in [9.17, 15) is 4.79 Å². The van der Waals surface area contributed by atoms with Gasteiger partial charge in [0.15, 0.2) is 5.82 Å². The second kappa shape index (κ2) is 5.44. The summed E-state index contributed by atoms with van der Waals surface area (Å²) < 4.78 is 0. The lowest BCUT2D eigenvalue weighted by Gasteiger charge is -2.05. The number of aromatic nitrogens is 2. The first-order chi connectivity index (χ1) is 7.13. The van der Waals surface area contributed by atoms with E-state index >= 15 is 0 Å². The van der Waals surface area contributed by atoms with E-state index < -0.39 is 0 Å². The first-order valence-corrected chi connectivity index (χ1v) is 5.25. The maximum Gasteiger partial charge on any atom is 0.225 e. The Labute approximate surface area is 90.1 Å². The van der Waals surface area contributed by atoms with Crippen molar-refractivity contribution in [3.8, 4) is 0 Å². The fraction of sp³-hybridized carbons (Fsp3) is 0.545. The van der Waals surface area contributed by atoms with Crippen LogP contribution < -0.4 is 5.32 Å². The monoisotopic (exact) mass is 207 g/mol. The molecule has 0 aliphatic heterocycles. The number of anilines is 1. The van der Waals surface area contributed by atoms with Crippen molar-refractivity contribution < 1.29 is 4.79 Å². The van der Waals surface area contributed by atoms with Gasteiger partial charge in [0.2, 0.25) is 5.91 Å². The van der Waals surface area contributed by atoms with Crippen LogP contribution >= 0.6 is 0 Å². The molecule has 1 N–H and O–H groups in total. The van der Waals surface area contributed by atoms with E-state index in [-0.39, 0.29) is 5.91 Å². The molecule has 0 fully saturated rings. The second-order valence-electron chi connectivity index (χ2n) is 3.78. The van der Waals surface area contributed by atoms with Crippen LogP contribution in [0.4, 0.5) is 5.82 Å². The highest BCUT2D eigenvalue weighted by Gasteiger charge is 2.04. The molecule has 1 heterocycles. The van der Waals surface area contributed by atoms with E-state index in [1.54, 1.807) is 12.4 Å². The lowest BCUT2D eigenvalue weighted by Crippen LogP contribution is -2.12. The van der Waals surface area contributed by atoms with Crippen molar-refractivity contribution in [3.63, 3.8) is 0 Å². The Morgan fingerprint density at radius 1 is 1.40 bits per heavy atom. The standard InChI is InChI=1S/C11H17N3O/c1-4-5-11(15)14-10-7-12-9(6-13-10)8(2)3/h6-8H,4-5H2,1-3H3,(H,13,14,15). The summed E-state index contributed by atoms with van der Waals surface area (Å²) in [6.45, 7) is 6.08. The first kappa shape index (κ1) is 11.6. The number of hydrogen-bond donors (Lipinski definition) is 1. The van der Waals surface area contributed by atoms with Gasteiger partial charge >= 0.3 is 0 Å². The molecule has 0 aliphatic rings. The van der Waals surface area contributed by atoms with Crippen LogP contribution in [0.3, 0.4) is 0 Å².